The molecule has 18 heavy (non-hydrogen) atoms. The number of nitrogens with zero attached hydrogens (tertiary/aromatic N) is 1. The highest BCUT2D eigenvalue weighted by molar-refractivity contribution is 5.29. The number of hydrogen-bond donors (Lipinski definition) is 1. The molecular weight excluding hydrogens is 224 g/mol. The zero-order valence-corrected chi connectivity index (χ0v) is 10.9. The van der Waals surface area contributed by atoms with Crippen LogP contribution in [-0.2, 0) is 0 Å². The van der Waals surface area contributed by atoms with Gasteiger partial charge in [-0.05, 0) is 37.0 Å². The minimum Gasteiger partial charge on any atom is -0.493 e. The lowest BCUT2D eigenvalue weighted by Crippen LogP contribution is -2.12. The molecule has 0 aromatic heterocycles. The second-order valence-electron chi connectivity index (χ2n) is 5.21. The Balaban J connectivity index is 1.89. The molecule has 3 nitrogen and oxygen atoms in total. The van der Waals surface area contributed by atoms with Gasteiger partial charge in [-0.2, -0.15) is 5.26 Å². The Morgan fingerprint density at radius 1 is 1.39 bits per heavy atom. The van der Waals surface area contributed by atoms with Crippen LogP contribution in [0.3, 0.4) is 0 Å². The summed E-state index contributed by atoms with van der Waals surface area (Å²) in [6, 6.07) is 10.3. The molecule has 1 aliphatic rings. The summed E-state index contributed by atoms with van der Waals surface area (Å²) in [5, 5.41) is 8.74. The van der Waals surface area contributed by atoms with Crippen molar-refractivity contribution >= 4 is 0 Å². The fourth-order valence-corrected chi connectivity index (χ4v) is 2.00. The van der Waals surface area contributed by atoms with E-state index in [4.69, 9.17) is 15.7 Å². The lowest BCUT2D eigenvalue weighted by atomic mass is 10.0. The summed E-state index contributed by atoms with van der Waals surface area (Å²) in [5.41, 5.74) is 7.23. The first-order valence-corrected chi connectivity index (χ1v) is 6.54. The summed E-state index contributed by atoms with van der Waals surface area (Å²) in [6.45, 7) is 2.73. The van der Waals surface area contributed by atoms with Gasteiger partial charge in [-0.25, -0.2) is 0 Å². The van der Waals surface area contributed by atoms with Gasteiger partial charge in [0.1, 0.15) is 5.75 Å². The van der Waals surface area contributed by atoms with E-state index in [1.165, 1.54) is 0 Å². The first-order chi connectivity index (χ1) is 8.69. The van der Waals surface area contributed by atoms with Gasteiger partial charge >= 0.3 is 0 Å². The van der Waals surface area contributed by atoms with E-state index in [1.54, 1.807) is 0 Å². The number of rotatable bonds is 6. The van der Waals surface area contributed by atoms with Gasteiger partial charge in [0, 0.05) is 17.9 Å². The second kappa shape index (κ2) is 5.41. The fraction of sp³-hybridized carbons (Fsp3) is 0.533. The molecule has 2 rings (SSSR count). The number of ether oxygens (including phenoxy) is 1. The van der Waals surface area contributed by atoms with Crippen molar-refractivity contribution in [3.8, 4) is 11.8 Å². The van der Waals surface area contributed by atoms with Crippen LogP contribution in [-0.4, -0.2) is 6.61 Å². The molecule has 0 amide bonds. The molecule has 0 aliphatic heterocycles. The number of benzene rings is 1. The Morgan fingerprint density at radius 3 is 2.56 bits per heavy atom. The van der Waals surface area contributed by atoms with E-state index in [1.807, 2.05) is 24.3 Å². The summed E-state index contributed by atoms with van der Waals surface area (Å²) in [7, 11) is 0. The Hall–Kier alpha value is -1.53. The molecule has 96 valence electrons. The van der Waals surface area contributed by atoms with Crippen LogP contribution in [0.2, 0.25) is 0 Å². The average Bonchev–Trinajstić information content (AvgIpc) is 3.17. The third-order valence-electron chi connectivity index (χ3n) is 3.70. The Labute approximate surface area is 109 Å². The summed E-state index contributed by atoms with van der Waals surface area (Å²) in [5.74, 6) is 0.867. The van der Waals surface area contributed by atoms with Crippen molar-refractivity contribution in [3.05, 3.63) is 29.8 Å². The van der Waals surface area contributed by atoms with Gasteiger partial charge in [0.05, 0.1) is 12.7 Å². The largest absolute Gasteiger partial charge is 0.493 e. The van der Waals surface area contributed by atoms with Crippen molar-refractivity contribution in [2.45, 2.75) is 38.6 Å². The van der Waals surface area contributed by atoms with Crippen LogP contribution in [0, 0.1) is 16.7 Å². The topological polar surface area (TPSA) is 59.0 Å². The highest BCUT2D eigenvalue weighted by Gasteiger charge is 2.43. The molecule has 1 aromatic carbocycles. The highest BCUT2D eigenvalue weighted by atomic mass is 16.5. The van der Waals surface area contributed by atoms with E-state index in [9.17, 15) is 0 Å². The third-order valence-corrected chi connectivity index (χ3v) is 3.70. The van der Waals surface area contributed by atoms with E-state index in [2.05, 4.69) is 13.0 Å². The Morgan fingerprint density at radius 2 is 2.06 bits per heavy atom. The number of nitrogens with two attached hydrogens (primary N) is 1. The maximum absolute atomic E-state index is 8.74. The summed E-state index contributed by atoms with van der Waals surface area (Å²) < 4.78 is 5.76. The van der Waals surface area contributed by atoms with Crippen LogP contribution < -0.4 is 10.5 Å². The van der Waals surface area contributed by atoms with Gasteiger partial charge in [0.15, 0.2) is 0 Å². The predicted octanol–water partition coefficient (Wildman–Crippen LogP) is 3.17. The zero-order chi connectivity index (χ0) is 13.0. The smallest absolute Gasteiger partial charge is 0.119 e. The zero-order valence-electron chi connectivity index (χ0n) is 10.9. The molecule has 0 bridgehead atoms. The van der Waals surface area contributed by atoms with Crippen LogP contribution in [0.5, 0.6) is 5.75 Å². The highest BCUT2D eigenvalue weighted by Crippen LogP contribution is 2.48. The maximum Gasteiger partial charge on any atom is 0.119 e. The minimum absolute atomic E-state index is 0.104. The normalized spacial score (nSPS) is 17.8. The van der Waals surface area contributed by atoms with Gasteiger partial charge in [0.2, 0.25) is 0 Å². The van der Waals surface area contributed by atoms with Crippen molar-refractivity contribution in [1.82, 2.24) is 0 Å². The minimum atomic E-state index is 0.104. The van der Waals surface area contributed by atoms with Gasteiger partial charge < -0.3 is 10.5 Å². The lowest BCUT2D eigenvalue weighted by Gasteiger charge is -2.14. The van der Waals surface area contributed by atoms with Crippen LogP contribution in [0.15, 0.2) is 24.3 Å². The summed E-state index contributed by atoms with van der Waals surface area (Å²) in [4.78, 5) is 0. The monoisotopic (exact) mass is 244 g/mol. The molecule has 0 saturated heterocycles. The van der Waals surface area contributed by atoms with E-state index in [-0.39, 0.29) is 11.5 Å². The van der Waals surface area contributed by atoms with Crippen LogP contribution >= 0.6 is 0 Å². The van der Waals surface area contributed by atoms with Gasteiger partial charge in [-0.15, -0.1) is 0 Å². The number of nitriles is 1. The second-order valence-corrected chi connectivity index (χ2v) is 5.21. The molecule has 0 unspecified atom stereocenters. The van der Waals surface area contributed by atoms with Gasteiger partial charge in [-0.1, -0.05) is 19.1 Å². The van der Waals surface area contributed by atoms with E-state index < -0.39 is 0 Å². The SMILES string of the molecule is CC[C@@H](N)c1ccc(OCC2(CC#N)CC2)cc1. The van der Waals surface area contributed by atoms with Gasteiger partial charge in [0.25, 0.3) is 0 Å². The maximum atomic E-state index is 8.74. The first kappa shape index (κ1) is 12.9. The summed E-state index contributed by atoms with van der Waals surface area (Å²) in [6.07, 6.45) is 3.76. The molecule has 0 radical (unpaired) electrons. The standard InChI is InChI=1S/C15H20N2O/c1-2-14(17)12-3-5-13(6-4-12)18-11-15(7-8-15)9-10-16/h3-6,14H,2,7-9,11,17H2,1H3/t14-/m1/s1. The van der Waals surface area contributed by atoms with Crippen molar-refractivity contribution in [2.75, 3.05) is 6.61 Å². The molecule has 1 atom stereocenters. The Kier molecular flexibility index (Phi) is 3.88. The number of hydrogen-bond acceptors (Lipinski definition) is 3. The van der Waals surface area contributed by atoms with Crippen molar-refractivity contribution in [2.24, 2.45) is 11.1 Å². The molecule has 2 N–H and O–H groups in total. The first-order valence-electron chi connectivity index (χ1n) is 6.54. The van der Waals surface area contributed by atoms with Crippen LogP contribution in [0.1, 0.15) is 44.2 Å². The quantitative estimate of drug-likeness (QED) is 0.836. The molecule has 1 fully saturated rings. The van der Waals surface area contributed by atoms with Crippen LogP contribution in [0.25, 0.3) is 0 Å². The lowest BCUT2D eigenvalue weighted by molar-refractivity contribution is 0.237. The van der Waals surface area contributed by atoms with Crippen molar-refractivity contribution < 1.29 is 4.74 Å². The Bertz CT molecular complexity index is 429. The molecule has 1 aromatic rings. The molecule has 3 heteroatoms. The van der Waals surface area contributed by atoms with Crippen molar-refractivity contribution in [1.29, 1.82) is 5.26 Å². The fourth-order valence-electron chi connectivity index (χ4n) is 2.00. The summed E-state index contributed by atoms with van der Waals surface area (Å²) >= 11 is 0. The van der Waals surface area contributed by atoms with Gasteiger partial charge in [-0.3, -0.25) is 0 Å². The molecule has 0 heterocycles. The molecular formula is C15H20N2O. The van der Waals surface area contributed by atoms with Crippen molar-refractivity contribution in [3.63, 3.8) is 0 Å². The van der Waals surface area contributed by atoms with E-state index in [0.717, 1.165) is 30.6 Å². The third kappa shape index (κ3) is 3.02. The molecule has 1 saturated carbocycles. The van der Waals surface area contributed by atoms with Crippen LogP contribution in [0.4, 0.5) is 0 Å². The molecule has 1 aliphatic carbocycles. The average molecular weight is 244 g/mol. The van der Waals surface area contributed by atoms with E-state index >= 15 is 0 Å². The predicted molar refractivity (Wildman–Crippen MR) is 71.1 cm³/mol. The van der Waals surface area contributed by atoms with E-state index in [0.29, 0.717) is 13.0 Å². The molecule has 0 spiro atoms.